The topological polar surface area (TPSA) is 46.4 Å². The fraction of sp³-hybridized carbons (Fsp3) is 0.308. The summed E-state index contributed by atoms with van der Waals surface area (Å²) >= 11 is 0. The van der Waals surface area contributed by atoms with Gasteiger partial charge in [0.05, 0.1) is 18.5 Å². The molecule has 1 fully saturated rings. The van der Waals surface area contributed by atoms with Crippen LogP contribution in [0.3, 0.4) is 0 Å². The first-order valence-corrected chi connectivity index (χ1v) is 11.2. The van der Waals surface area contributed by atoms with Crippen molar-refractivity contribution in [2.75, 3.05) is 43.1 Å². The molecular weight excluding hydrogens is 417 g/mol. The molecule has 0 amide bonds. The molecule has 33 heavy (non-hydrogen) atoms. The second-order valence-electron chi connectivity index (χ2n) is 8.49. The maximum atomic E-state index is 14.3. The normalized spacial score (nSPS) is 14.2. The second kappa shape index (κ2) is 8.39. The van der Waals surface area contributed by atoms with E-state index in [4.69, 9.17) is 4.74 Å². The lowest BCUT2D eigenvalue weighted by Crippen LogP contribution is -2.47. The lowest BCUT2D eigenvalue weighted by molar-refractivity contribution is 0.414. The van der Waals surface area contributed by atoms with Crippen LogP contribution in [0.15, 0.2) is 48.5 Å². The second-order valence-corrected chi connectivity index (χ2v) is 8.49. The van der Waals surface area contributed by atoms with Gasteiger partial charge in [0.25, 0.3) is 0 Å². The van der Waals surface area contributed by atoms with Gasteiger partial charge in [-0.2, -0.15) is 5.10 Å². The van der Waals surface area contributed by atoms with Gasteiger partial charge in [-0.05, 0) is 57.2 Å². The van der Waals surface area contributed by atoms with Crippen molar-refractivity contribution < 1.29 is 9.13 Å². The molecule has 2 aromatic carbocycles. The number of anilines is 2. The van der Waals surface area contributed by atoms with Gasteiger partial charge < -0.3 is 19.1 Å². The first-order chi connectivity index (χ1) is 16.0. The molecule has 2 aromatic heterocycles. The molecule has 170 valence electrons. The van der Waals surface area contributed by atoms with Crippen molar-refractivity contribution in [1.29, 1.82) is 0 Å². The van der Waals surface area contributed by atoms with Gasteiger partial charge in [0.15, 0.2) is 5.82 Å². The summed E-state index contributed by atoms with van der Waals surface area (Å²) in [6.07, 6.45) is 0. The molecule has 0 bridgehead atoms. The van der Waals surface area contributed by atoms with Crippen LogP contribution in [-0.2, 0) is 0 Å². The highest BCUT2D eigenvalue weighted by Crippen LogP contribution is 2.36. The first-order valence-electron chi connectivity index (χ1n) is 11.2. The molecular formula is C26H28FN5O. The Morgan fingerprint density at radius 1 is 0.788 bits per heavy atom. The van der Waals surface area contributed by atoms with Crippen LogP contribution in [0.1, 0.15) is 17.1 Å². The van der Waals surface area contributed by atoms with E-state index in [2.05, 4.69) is 50.5 Å². The van der Waals surface area contributed by atoms with E-state index in [0.29, 0.717) is 5.69 Å². The maximum absolute atomic E-state index is 14.3. The van der Waals surface area contributed by atoms with Gasteiger partial charge in [-0.15, -0.1) is 5.10 Å². The Bertz CT molecular complexity index is 1310. The smallest absolute Gasteiger partial charge is 0.161 e. The lowest BCUT2D eigenvalue weighted by atomic mass is 10.1. The monoisotopic (exact) mass is 445 g/mol. The number of halogens is 1. The Balaban J connectivity index is 1.52. The highest BCUT2D eigenvalue weighted by Gasteiger charge is 2.26. The third kappa shape index (κ3) is 3.57. The van der Waals surface area contributed by atoms with E-state index in [1.165, 1.54) is 6.07 Å². The highest BCUT2D eigenvalue weighted by atomic mass is 19.1. The number of hydrogen-bond acceptors (Lipinski definition) is 5. The summed E-state index contributed by atoms with van der Waals surface area (Å²) < 4.78 is 21.9. The van der Waals surface area contributed by atoms with E-state index in [1.54, 1.807) is 13.2 Å². The van der Waals surface area contributed by atoms with Gasteiger partial charge in [-0.1, -0.05) is 12.1 Å². The minimum atomic E-state index is -0.175. The van der Waals surface area contributed by atoms with E-state index < -0.39 is 0 Å². The van der Waals surface area contributed by atoms with Gasteiger partial charge >= 0.3 is 0 Å². The number of fused-ring (bicyclic) bond motifs is 1. The predicted molar refractivity (Wildman–Crippen MR) is 130 cm³/mol. The molecule has 6 nitrogen and oxygen atoms in total. The number of hydrogen-bond donors (Lipinski definition) is 0. The minimum absolute atomic E-state index is 0.175. The number of aryl methyl sites for hydroxylation is 3. The molecule has 5 rings (SSSR count). The first kappa shape index (κ1) is 21.2. The number of rotatable bonds is 4. The number of aromatic nitrogens is 3. The van der Waals surface area contributed by atoms with Crippen molar-refractivity contribution in [3.63, 3.8) is 0 Å². The van der Waals surface area contributed by atoms with Gasteiger partial charge in [0.2, 0.25) is 0 Å². The van der Waals surface area contributed by atoms with Crippen LogP contribution in [0, 0.1) is 26.6 Å². The predicted octanol–water partition coefficient (Wildman–Crippen LogP) is 4.82. The summed E-state index contributed by atoms with van der Waals surface area (Å²) in [6, 6.07) is 15.1. The van der Waals surface area contributed by atoms with Crippen molar-refractivity contribution in [2.24, 2.45) is 0 Å². The van der Waals surface area contributed by atoms with Gasteiger partial charge in [-0.3, -0.25) is 0 Å². The fourth-order valence-electron chi connectivity index (χ4n) is 4.98. The van der Waals surface area contributed by atoms with Gasteiger partial charge in [0.1, 0.15) is 11.6 Å². The molecule has 1 aliphatic heterocycles. The van der Waals surface area contributed by atoms with Crippen LogP contribution < -0.4 is 14.5 Å². The maximum Gasteiger partial charge on any atom is 0.161 e. The Hall–Kier alpha value is -3.61. The van der Waals surface area contributed by atoms with Gasteiger partial charge in [-0.25, -0.2) is 4.39 Å². The average Bonchev–Trinajstić information content (AvgIpc) is 3.11. The number of piperazine rings is 1. The van der Waals surface area contributed by atoms with Crippen LogP contribution >= 0.6 is 0 Å². The summed E-state index contributed by atoms with van der Waals surface area (Å²) in [5, 5.41) is 11.4. The zero-order valence-electron chi connectivity index (χ0n) is 19.5. The average molecular weight is 446 g/mol. The molecule has 0 N–H and O–H groups in total. The van der Waals surface area contributed by atoms with Crippen molar-refractivity contribution >= 4 is 22.3 Å². The summed E-state index contributed by atoms with van der Waals surface area (Å²) in [5.74, 6) is 1.56. The Kier molecular flexibility index (Phi) is 5.40. The molecule has 0 atom stereocenters. The SMILES string of the molecule is COc1ccc(-n2c(C)c3c(C)nnc(N4CCN(c5ccccc5F)CC4)c3c2C)cc1. The molecule has 0 radical (unpaired) electrons. The third-order valence-electron chi connectivity index (χ3n) is 6.63. The van der Waals surface area contributed by atoms with E-state index in [0.717, 1.165) is 71.3 Å². The quantitative estimate of drug-likeness (QED) is 0.451. The standard InChI is InChI=1S/C26H28FN5O/c1-17-24-18(2)32(20-9-11-21(33-4)12-10-20)19(3)25(24)26(29-28-17)31-15-13-30(14-16-31)23-8-6-5-7-22(23)27/h5-12H,13-16H2,1-4H3. The Morgan fingerprint density at radius 3 is 2.09 bits per heavy atom. The van der Waals surface area contributed by atoms with Crippen LogP contribution in [-0.4, -0.2) is 48.1 Å². The number of methoxy groups -OCH3 is 1. The molecule has 1 aliphatic rings. The molecule has 1 saturated heterocycles. The van der Waals surface area contributed by atoms with Crippen LogP contribution in [0.5, 0.6) is 5.75 Å². The van der Waals surface area contributed by atoms with E-state index >= 15 is 0 Å². The van der Waals surface area contributed by atoms with E-state index in [9.17, 15) is 4.39 Å². The van der Waals surface area contributed by atoms with E-state index in [1.807, 2.05) is 31.2 Å². The number of nitrogens with zero attached hydrogens (tertiary/aromatic N) is 5. The third-order valence-corrected chi connectivity index (χ3v) is 6.63. The molecule has 0 unspecified atom stereocenters. The summed E-state index contributed by atoms with van der Waals surface area (Å²) in [6.45, 7) is 9.26. The van der Waals surface area contributed by atoms with Gasteiger partial charge in [0, 0.05) is 54.0 Å². The largest absolute Gasteiger partial charge is 0.497 e. The van der Waals surface area contributed by atoms with Crippen molar-refractivity contribution in [1.82, 2.24) is 14.8 Å². The number of ether oxygens (including phenoxy) is 1. The summed E-state index contributed by atoms with van der Waals surface area (Å²) in [7, 11) is 1.67. The zero-order valence-corrected chi connectivity index (χ0v) is 19.5. The van der Waals surface area contributed by atoms with E-state index in [-0.39, 0.29) is 5.82 Å². The molecule has 7 heteroatoms. The highest BCUT2D eigenvalue weighted by molar-refractivity contribution is 5.98. The lowest BCUT2D eigenvalue weighted by Gasteiger charge is -2.37. The Morgan fingerprint density at radius 2 is 1.42 bits per heavy atom. The van der Waals surface area contributed by atoms with Crippen molar-refractivity contribution in [2.45, 2.75) is 20.8 Å². The van der Waals surface area contributed by atoms with Crippen LogP contribution in [0.25, 0.3) is 16.5 Å². The minimum Gasteiger partial charge on any atom is -0.497 e. The summed E-state index contributed by atoms with van der Waals surface area (Å²) in [5.41, 5.74) is 4.95. The van der Waals surface area contributed by atoms with Crippen molar-refractivity contribution in [3.8, 4) is 11.4 Å². The fourth-order valence-corrected chi connectivity index (χ4v) is 4.98. The molecule has 4 aromatic rings. The van der Waals surface area contributed by atoms with Crippen LogP contribution in [0.2, 0.25) is 0 Å². The number of benzene rings is 2. The molecule has 3 heterocycles. The molecule has 0 spiro atoms. The van der Waals surface area contributed by atoms with Crippen molar-refractivity contribution in [3.05, 3.63) is 71.4 Å². The summed E-state index contributed by atoms with van der Waals surface area (Å²) in [4.78, 5) is 4.38. The van der Waals surface area contributed by atoms with Crippen LogP contribution in [0.4, 0.5) is 15.9 Å². The zero-order chi connectivity index (χ0) is 23.1. The Labute approximate surface area is 193 Å². The molecule has 0 aliphatic carbocycles. The number of para-hydroxylation sites is 1. The molecule has 0 saturated carbocycles.